The van der Waals surface area contributed by atoms with Crippen LogP contribution in [-0.4, -0.2) is 29.1 Å². The SMILES string of the molecule is c1ccc2c(c1)c1ncccc1n2-c1ccc(-c2ccc3oc4c(-c5ccc(-c6ccnc7c6oc6ccc(-c8ccc(-n9c%10ccccc%10c%10ncccc%109)cc8)cc67)cc5)ccnc4c3c2)cc1. The minimum absolute atomic E-state index is 0.760. The van der Waals surface area contributed by atoms with Gasteiger partial charge in [-0.15, -0.1) is 0 Å². The molecule has 0 amide bonds. The number of aromatic nitrogens is 6. The lowest BCUT2D eigenvalue weighted by Gasteiger charge is -2.09. The van der Waals surface area contributed by atoms with Crippen molar-refractivity contribution in [3.05, 3.63) is 219 Å². The molecule has 70 heavy (non-hydrogen) atoms. The summed E-state index contributed by atoms with van der Waals surface area (Å²) < 4.78 is 17.7. The first-order chi connectivity index (χ1) is 34.7. The second-order valence-electron chi connectivity index (χ2n) is 17.8. The van der Waals surface area contributed by atoms with E-state index < -0.39 is 0 Å². The molecule has 8 aromatic heterocycles. The number of fused-ring (bicyclic) bond motifs is 12. The Morgan fingerprint density at radius 3 is 1.13 bits per heavy atom. The molecule has 0 saturated carbocycles. The maximum atomic E-state index is 6.58. The Morgan fingerprint density at radius 2 is 0.671 bits per heavy atom. The zero-order valence-corrected chi connectivity index (χ0v) is 37.3. The van der Waals surface area contributed by atoms with Gasteiger partial charge < -0.3 is 18.0 Å². The van der Waals surface area contributed by atoms with Crippen molar-refractivity contribution in [2.45, 2.75) is 0 Å². The molecule has 0 radical (unpaired) electrons. The summed E-state index contributed by atoms with van der Waals surface area (Å²) in [4.78, 5) is 19.1. The molecule has 326 valence electrons. The Hall–Kier alpha value is -9.66. The molecule has 0 aliphatic heterocycles. The molecule has 8 heterocycles. The third-order valence-electron chi connectivity index (χ3n) is 14.0. The van der Waals surface area contributed by atoms with Gasteiger partial charge >= 0.3 is 0 Å². The van der Waals surface area contributed by atoms with Crippen molar-refractivity contribution in [2.75, 3.05) is 0 Å². The number of benzene rings is 7. The van der Waals surface area contributed by atoms with Crippen LogP contribution in [0, 0.1) is 0 Å². The van der Waals surface area contributed by atoms with E-state index in [9.17, 15) is 0 Å². The molecule has 15 rings (SSSR count). The van der Waals surface area contributed by atoms with Gasteiger partial charge in [0.25, 0.3) is 0 Å². The molecule has 0 atom stereocenters. The lowest BCUT2D eigenvalue weighted by Crippen LogP contribution is -1.93. The summed E-state index contributed by atoms with van der Waals surface area (Å²) in [7, 11) is 0. The molecule has 0 unspecified atom stereocenters. The van der Waals surface area contributed by atoms with Gasteiger partial charge in [-0.1, -0.05) is 97.1 Å². The van der Waals surface area contributed by atoms with E-state index in [4.69, 9.17) is 28.8 Å². The predicted octanol–water partition coefficient (Wildman–Crippen LogP) is 15.9. The molecule has 0 N–H and O–H groups in total. The Labute approximate surface area is 399 Å². The van der Waals surface area contributed by atoms with Gasteiger partial charge in [-0.2, -0.15) is 0 Å². The Kier molecular flexibility index (Phi) is 8.20. The molecular formula is C62H36N6O2. The van der Waals surface area contributed by atoms with E-state index in [2.05, 4.69) is 179 Å². The smallest absolute Gasteiger partial charge is 0.161 e. The number of furan rings is 2. The van der Waals surface area contributed by atoms with E-state index in [-0.39, 0.29) is 0 Å². The number of hydrogen-bond acceptors (Lipinski definition) is 6. The zero-order valence-electron chi connectivity index (χ0n) is 37.3. The van der Waals surface area contributed by atoms with E-state index in [1.54, 1.807) is 0 Å². The summed E-state index contributed by atoms with van der Waals surface area (Å²) in [6, 6.07) is 67.9. The highest BCUT2D eigenvalue weighted by Crippen LogP contribution is 2.41. The van der Waals surface area contributed by atoms with Crippen LogP contribution in [0.15, 0.2) is 228 Å². The second kappa shape index (κ2) is 14.9. The van der Waals surface area contributed by atoms with Crippen LogP contribution >= 0.6 is 0 Å². The quantitative estimate of drug-likeness (QED) is 0.165. The fourth-order valence-corrected chi connectivity index (χ4v) is 10.7. The van der Waals surface area contributed by atoms with Crippen LogP contribution in [-0.2, 0) is 0 Å². The Morgan fingerprint density at radius 1 is 0.286 bits per heavy atom. The van der Waals surface area contributed by atoms with Gasteiger partial charge in [0, 0.05) is 68.8 Å². The van der Waals surface area contributed by atoms with Crippen LogP contribution in [0.4, 0.5) is 0 Å². The van der Waals surface area contributed by atoms with E-state index in [0.717, 1.165) is 144 Å². The molecule has 8 heteroatoms. The number of pyridine rings is 4. The lowest BCUT2D eigenvalue weighted by atomic mass is 9.99. The summed E-state index contributed by atoms with van der Waals surface area (Å²) in [5.74, 6) is 0. The van der Waals surface area contributed by atoms with Crippen molar-refractivity contribution in [3.8, 4) is 55.9 Å². The normalized spacial score (nSPS) is 12.0. The molecule has 0 aliphatic rings. The number of nitrogens with zero attached hydrogens (tertiary/aromatic N) is 6. The van der Waals surface area contributed by atoms with Gasteiger partial charge in [-0.25, -0.2) is 0 Å². The molecule has 0 spiro atoms. The average Bonchev–Trinajstić information content (AvgIpc) is 4.19. The average molecular weight is 897 g/mol. The first kappa shape index (κ1) is 38.4. The highest BCUT2D eigenvalue weighted by atomic mass is 16.3. The van der Waals surface area contributed by atoms with Crippen LogP contribution in [0.3, 0.4) is 0 Å². The van der Waals surface area contributed by atoms with Gasteiger partial charge in [0.1, 0.15) is 22.2 Å². The standard InChI is InChI=1S/C62H36N6O2/c1-3-9-51-47(7-1)57-53(11-5-31-63-57)67(51)43-23-17-37(18-24-43)41-21-27-55-49(35-41)59-61(69-55)45(29-33-65-59)39-13-15-40(16-14-39)46-30-34-66-60-50-36-42(22-28-56(50)70-62(46)60)38-19-25-44(26-20-38)68-52-10-4-2-8-48(52)58-54(68)12-6-32-64-58/h1-36H. The number of rotatable bonds is 6. The second-order valence-corrected chi connectivity index (χ2v) is 17.8. The van der Waals surface area contributed by atoms with Crippen molar-refractivity contribution in [1.82, 2.24) is 29.1 Å². The molecular weight excluding hydrogens is 861 g/mol. The summed E-state index contributed by atoms with van der Waals surface area (Å²) >= 11 is 0. The van der Waals surface area contributed by atoms with Crippen LogP contribution in [0.25, 0.3) is 144 Å². The van der Waals surface area contributed by atoms with E-state index in [0.29, 0.717) is 0 Å². The van der Waals surface area contributed by atoms with E-state index in [1.165, 1.54) is 0 Å². The summed E-state index contributed by atoms with van der Waals surface area (Å²) in [6.07, 6.45) is 7.46. The van der Waals surface area contributed by atoms with Crippen molar-refractivity contribution in [1.29, 1.82) is 0 Å². The van der Waals surface area contributed by atoms with Gasteiger partial charge in [0.05, 0.1) is 33.1 Å². The van der Waals surface area contributed by atoms with Crippen LogP contribution in [0.1, 0.15) is 0 Å². The number of para-hydroxylation sites is 2. The van der Waals surface area contributed by atoms with E-state index in [1.807, 2.05) is 49.1 Å². The monoisotopic (exact) mass is 896 g/mol. The fourth-order valence-electron chi connectivity index (χ4n) is 10.7. The van der Waals surface area contributed by atoms with Crippen molar-refractivity contribution >= 4 is 88.0 Å². The first-order valence-corrected chi connectivity index (χ1v) is 23.3. The molecule has 0 fully saturated rings. The number of hydrogen-bond donors (Lipinski definition) is 0. The Bertz CT molecular complexity index is 4180. The highest BCUT2D eigenvalue weighted by molar-refractivity contribution is 6.11. The van der Waals surface area contributed by atoms with E-state index >= 15 is 0 Å². The predicted molar refractivity (Wildman–Crippen MR) is 283 cm³/mol. The Balaban J connectivity index is 0.728. The van der Waals surface area contributed by atoms with Gasteiger partial charge in [-0.3, -0.25) is 19.9 Å². The van der Waals surface area contributed by atoms with Crippen molar-refractivity contribution < 1.29 is 8.83 Å². The third-order valence-corrected chi connectivity index (χ3v) is 14.0. The van der Waals surface area contributed by atoms with Gasteiger partial charge in [0.2, 0.25) is 0 Å². The molecule has 0 bridgehead atoms. The minimum atomic E-state index is 0.760. The minimum Gasteiger partial charge on any atom is -0.454 e. The van der Waals surface area contributed by atoms with Crippen LogP contribution in [0.5, 0.6) is 0 Å². The lowest BCUT2D eigenvalue weighted by molar-refractivity contribution is 0.669. The topological polar surface area (TPSA) is 87.7 Å². The largest absolute Gasteiger partial charge is 0.454 e. The third kappa shape index (κ3) is 5.77. The molecule has 15 aromatic rings. The maximum absolute atomic E-state index is 6.58. The maximum Gasteiger partial charge on any atom is 0.161 e. The summed E-state index contributed by atoms with van der Waals surface area (Å²) in [5.41, 5.74) is 21.9. The molecule has 0 saturated heterocycles. The van der Waals surface area contributed by atoms with Crippen molar-refractivity contribution in [3.63, 3.8) is 0 Å². The van der Waals surface area contributed by atoms with Gasteiger partial charge in [0.15, 0.2) is 11.2 Å². The van der Waals surface area contributed by atoms with Crippen LogP contribution in [0.2, 0.25) is 0 Å². The first-order valence-electron chi connectivity index (χ1n) is 23.3. The molecule has 7 aromatic carbocycles. The summed E-state index contributed by atoms with van der Waals surface area (Å²) in [5, 5.41) is 4.24. The summed E-state index contributed by atoms with van der Waals surface area (Å²) in [6.45, 7) is 0. The molecule has 0 aliphatic carbocycles. The zero-order chi connectivity index (χ0) is 45.9. The highest BCUT2D eigenvalue weighted by Gasteiger charge is 2.19. The van der Waals surface area contributed by atoms with Gasteiger partial charge in [-0.05, 0) is 130 Å². The van der Waals surface area contributed by atoms with Crippen LogP contribution < -0.4 is 0 Å². The fraction of sp³-hybridized carbons (Fsp3) is 0. The van der Waals surface area contributed by atoms with Crippen molar-refractivity contribution in [2.24, 2.45) is 0 Å². The molecule has 8 nitrogen and oxygen atoms in total.